The molecule has 0 aliphatic carbocycles. The van der Waals surface area contributed by atoms with E-state index in [0.29, 0.717) is 11.3 Å². The lowest BCUT2D eigenvalue weighted by molar-refractivity contribution is -0.0502. The lowest BCUT2D eigenvalue weighted by Crippen LogP contribution is -2.20. The summed E-state index contributed by atoms with van der Waals surface area (Å²) in [6, 6.07) is 6.96. The average Bonchev–Trinajstić information content (AvgIpc) is 3.08. The topological polar surface area (TPSA) is 64.9 Å². The Hall–Kier alpha value is -3.16. The number of rotatable bonds is 5. The molecule has 0 saturated carbocycles. The highest BCUT2D eigenvalue weighted by Crippen LogP contribution is 2.36. The summed E-state index contributed by atoms with van der Waals surface area (Å²) in [4.78, 5) is 16.6. The molecule has 2 aromatic heterocycles. The lowest BCUT2D eigenvalue weighted by Gasteiger charge is -2.19. The second kappa shape index (κ2) is 7.69. The van der Waals surface area contributed by atoms with E-state index in [0.717, 1.165) is 11.2 Å². The first-order valence-electron chi connectivity index (χ1n) is 9.02. The number of ether oxygens (including phenoxy) is 2. The molecule has 0 spiro atoms. The highest BCUT2D eigenvalue weighted by atomic mass is 19.3. The molecule has 0 bridgehead atoms. The Labute approximate surface area is 167 Å². The number of halogens is 2. The second-order valence-corrected chi connectivity index (χ2v) is 7.55. The maximum atomic E-state index is 13.0. The lowest BCUT2D eigenvalue weighted by atomic mass is 9.88. The Kier molecular flexibility index (Phi) is 5.46. The number of nitrogens with zero attached hydrogens (tertiary/aromatic N) is 2. The Bertz CT molecular complexity index is 1060. The molecule has 0 aliphatic rings. The van der Waals surface area contributed by atoms with Gasteiger partial charge in [0, 0.05) is 18.8 Å². The van der Waals surface area contributed by atoms with Crippen molar-refractivity contribution in [2.24, 2.45) is 0 Å². The number of fused-ring (bicyclic) bond motifs is 1. The second-order valence-electron chi connectivity index (χ2n) is 7.55. The van der Waals surface area contributed by atoms with E-state index in [9.17, 15) is 13.6 Å². The van der Waals surface area contributed by atoms with E-state index in [-0.39, 0.29) is 22.5 Å². The molecule has 154 valence electrons. The third-order valence-corrected chi connectivity index (χ3v) is 4.63. The van der Waals surface area contributed by atoms with Crippen LogP contribution in [-0.4, -0.2) is 36.1 Å². The van der Waals surface area contributed by atoms with Crippen LogP contribution < -0.4 is 14.8 Å². The Morgan fingerprint density at radius 1 is 1.21 bits per heavy atom. The van der Waals surface area contributed by atoms with Crippen LogP contribution in [0, 0.1) is 0 Å². The van der Waals surface area contributed by atoms with E-state index in [1.807, 2.05) is 22.7 Å². The van der Waals surface area contributed by atoms with Gasteiger partial charge in [-0.25, -0.2) is 4.98 Å². The van der Waals surface area contributed by atoms with Gasteiger partial charge in [0.2, 0.25) is 0 Å². The van der Waals surface area contributed by atoms with Crippen molar-refractivity contribution in [1.82, 2.24) is 14.7 Å². The number of amides is 1. The van der Waals surface area contributed by atoms with E-state index in [4.69, 9.17) is 4.74 Å². The summed E-state index contributed by atoms with van der Waals surface area (Å²) in [7, 11) is 2.76. The summed E-state index contributed by atoms with van der Waals surface area (Å²) in [6.07, 6.45) is 3.52. The molecule has 1 amide bonds. The molecular weight excluding hydrogens is 380 g/mol. The summed E-state index contributed by atoms with van der Waals surface area (Å²) in [5.74, 6) is -0.731. The van der Waals surface area contributed by atoms with Gasteiger partial charge in [-0.1, -0.05) is 20.8 Å². The van der Waals surface area contributed by atoms with Crippen LogP contribution in [0.2, 0.25) is 0 Å². The fraction of sp³-hybridized carbons (Fsp3) is 0.333. The Balaban J connectivity index is 2.19. The summed E-state index contributed by atoms with van der Waals surface area (Å²) < 4.78 is 37.7. The number of nitrogens with one attached hydrogen (secondary N) is 1. The van der Waals surface area contributed by atoms with Crippen molar-refractivity contribution in [3.05, 3.63) is 47.8 Å². The van der Waals surface area contributed by atoms with Gasteiger partial charge in [-0.05, 0) is 35.2 Å². The first kappa shape index (κ1) is 20.6. The molecule has 0 radical (unpaired) electrons. The van der Waals surface area contributed by atoms with E-state index < -0.39 is 12.5 Å². The SMILES string of the molecule is CNC(=O)c1c(OC)cc(-c2cnc3cc(C(C)(C)C)ccn23)cc1OC(F)F. The molecule has 0 aliphatic heterocycles. The highest BCUT2D eigenvalue weighted by molar-refractivity contribution is 6.00. The zero-order chi connectivity index (χ0) is 21.3. The van der Waals surface area contributed by atoms with Crippen LogP contribution in [0.4, 0.5) is 8.78 Å². The number of pyridine rings is 1. The van der Waals surface area contributed by atoms with Gasteiger partial charge in [-0.15, -0.1) is 0 Å². The van der Waals surface area contributed by atoms with Crippen molar-refractivity contribution in [2.75, 3.05) is 14.2 Å². The number of benzene rings is 1. The first-order chi connectivity index (χ1) is 13.7. The molecule has 1 aromatic carbocycles. The van der Waals surface area contributed by atoms with Crippen LogP contribution in [0.25, 0.3) is 16.9 Å². The first-order valence-corrected chi connectivity index (χ1v) is 9.02. The van der Waals surface area contributed by atoms with Gasteiger partial charge in [0.1, 0.15) is 22.7 Å². The zero-order valence-corrected chi connectivity index (χ0v) is 16.9. The number of aromatic nitrogens is 2. The maximum Gasteiger partial charge on any atom is 0.387 e. The van der Waals surface area contributed by atoms with Gasteiger partial charge in [-0.2, -0.15) is 8.78 Å². The molecular formula is C21H23F2N3O3. The van der Waals surface area contributed by atoms with Gasteiger partial charge in [0.25, 0.3) is 5.91 Å². The van der Waals surface area contributed by atoms with E-state index in [1.54, 1.807) is 12.3 Å². The fourth-order valence-corrected chi connectivity index (χ4v) is 3.10. The van der Waals surface area contributed by atoms with Gasteiger partial charge < -0.3 is 14.8 Å². The number of alkyl halides is 2. The monoisotopic (exact) mass is 403 g/mol. The molecule has 6 nitrogen and oxygen atoms in total. The quantitative estimate of drug-likeness (QED) is 0.691. The van der Waals surface area contributed by atoms with E-state index >= 15 is 0 Å². The minimum absolute atomic E-state index is 0.0372. The number of carbonyl (C=O) groups is 1. The molecule has 2 heterocycles. The van der Waals surface area contributed by atoms with Crippen molar-refractivity contribution < 1.29 is 23.0 Å². The van der Waals surface area contributed by atoms with Crippen LogP contribution in [-0.2, 0) is 5.41 Å². The zero-order valence-electron chi connectivity index (χ0n) is 16.9. The predicted octanol–water partition coefficient (Wildman–Crippen LogP) is 4.27. The molecule has 0 fully saturated rings. The van der Waals surface area contributed by atoms with Gasteiger partial charge in [-0.3, -0.25) is 9.20 Å². The summed E-state index contributed by atoms with van der Waals surface area (Å²) >= 11 is 0. The molecule has 3 rings (SSSR count). The van der Waals surface area contributed by atoms with Gasteiger partial charge >= 0.3 is 6.61 Å². The van der Waals surface area contributed by atoms with Gasteiger partial charge in [0.15, 0.2) is 0 Å². The predicted molar refractivity (Wildman–Crippen MR) is 106 cm³/mol. The molecule has 0 atom stereocenters. The van der Waals surface area contributed by atoms with E-state index in [1.165, 1.54) is 20.2 Å². The van der Waals surface area contributed by atoms with Crippen molar-refractivity contribution in [1.29, 1.82) is 0 Å². The maximum absolute atomic E-state index is 13.0. The van der Waals surface area contributed by atoms with E-state index in [2.05, 4.69) is 35.8 Å². The normalized spacial score (nSPS) is 11.7. The van der Waals surface area contributed by atoms with Crippen LogP contribution in [0.15, 0.2) is 36.7 Å². The minimum Gasteiger partial charge on any atom is -0.496 e. The molecule has 8 heteroatoms. The summed E-state index contributed by atoms with van der Waals surface area (Å²) in [6.45, 7) is 3.24. The third-order valence-electron chi connectivity index (χ3n) is 4.63. The van der Waals surface area contributed by atoms with Crippen LogP contribution in [0.1, 0.15) is 36.7 Å². The fourth-order valence-electron chi connectivity index (χ4n) is 3.10. The Morgan fingerprint density at radius 2 is 1.90 bits per heavy atom. The molecule has 1 N–H and O–H groups in total. The van der Waals surface area contributed by atoms with Crippen LogP contribution in [0.3, 0.4) is 0 Å². The van der Waals surface area contributed by atoms with Crippen LogP contribution in [0.5, 0.6) is 11.5 Å². The Morgan fingerprint density at radius 3 is 2.48 bits per heavy atom. The molecule has 3 aromatic rings. The van der Waals surface area contributed by atoms with Crippen molar-refractivity contribution in [2.45, 2.75) is 32.8 Å². The molecule has 29 heavy (non-hydrogen) atoms. The summed E-state index contributed by atoms with van der Waals surface area (Å²) in [5.41, 5.74) is 2.89. The highest BCUT2D eigenvalue weighted by Gasteiger charge is 2.23. The third kappa shape index (κ3) is 4.01. The number of carbonyl (C=O) groups excluding carboxylic acids is 1. The number of methoxy groups -OCH3 is 1. The largest absolute Gasteiger partial charge is 0.496 e. The number of imidazole rings is 1. The number of hydrogen-bond acceptors (Lipinski definition) is 4. The standard InChI is InChI=1S/C21H23F2N3O3/c1-21(2,3)13-6-7-26-14(11-25-17(26)10-13)12-8-15(28-5)18(19(27)24-4)16(9-12)29-20(22)23/h6-11,20H,1-5H3,(H,24,27). The molecule has 0 unspecified atom stereocenters. The summed E-state index contributed by atoms with van der Waals surface area (Å²) in [5, 5.41) is 2.41. The van der Waals surface area contributed by atoms with Crippen molar-refractivity contribution >= 4 is 11.6 Å². The minimum atomic E-state index is -3.09. The van der Waals surface area contributed by atoms with Crippen molar-refractivity contribution in [3.8, 4) is 22.8 Å². The number of hydrogen-bond donors (Lipinski definition) is 1. The smallest absolute Gasteiger partial charge is 0.387 e. The molecule has 0 saturated heterocycles. The van der Waals surface area contributed by atoms with Crippen LogP contribution >= 0.6 is 0 Å². The van der Waals surface area contributed by atoms with Gasteiger partial charge in [0.05, 0.1) is 19.0 Å². The van der Waals surface area contributed by atoms with Crippen molar-refractivity contribution in [3.63, 3.8) is 0 Å². The average molecular weight is 403 g/mol.